The fourth-order valence-electron chi connectivity index (χ4n) is 5.11. The fraction of sp³-hybridized carbons (Fsp3) is 0.355. The number of carbonyl (C=O) groups excluding carboxylic acids is 1. The molecule has 0 bridgehead atoms. The number of aliphatic carboxylic acids is 1. The van der Waals surface area contributed by atoms with Gasteiger partial charge in [0.05, 0.1) is 17.7 Å². The van der Waals surface area contributed by atoms with E-state index in [0.717, 1.165) is 11.1 Å². The molecule has 0 aliphatic carbocycles. The summed E-state index contributed by atoms with van der Waals surface area (Å²) in [6.07, 6.45) is -1.60. The highest BCUT2D eigenvalue weighted by molar-refractivity contribution is 7.99. The van der Waals surface area contributed by atoms with Gasteiger partial charge in [-0.15, -0.1) is 0 Å². The first-order valence-electron chi connectivity index (χ1n) is 14.1. The lowest BCUT2D eigenvalue weighted by Crippen LogP contribution is -2.45. The molecule has 1 amide bonds. The summed E-state index contributed by atoms with van der Waals surface area (Å²) in [6, 6.07) is 23.1. The smallest absolute Gasteiger partial charge is 0.407 e. The Morgan fingerprint density at radius 1 is 0.932 bits per heavy atom. The first-order valence-corrected chi connectivity index (χ1v) is 17.7. The van der Waals surface area contributed by atoms with Crippen LogP contribution in [0.5, 0.6) is 0 Å². The Labute approximate surface area is 258 Å². The van der Waals surface area contributed by atoms with Gasteiger partial charge in [-0.05, 0) is 41.1 Å². The summed E-state index contributed by atoms with van der Waals surface area (Å²) in [4.78, 5) is 34.5. The summed E-state index contributed by atoms with van der Waals surface area (Å²) >= 11 is 0. The summed E-state index contributed by atoms with van der Waals surface area (Å²) in [5.41, 5.74) is 13.8. The van der Waals surface area contributed by atoms with Crippen molar-refractivity contribution in [1.82, 2.24) is 5.32 Å². The number of alkyl carbamates (subject to hydrolysis) is 1. The molecular weight excluding hydrogens is 605 g/mol. The normalized spacial score (nSPS) is 15.7. The topological polar surface area (TPSA) is 199 Å². The minimum Gasteiger partial charge on any atom is -0.481 e. The number of nitrogens with two attached hydrogens (primary N) is 2. The van der Waals surface area contributed by atoms with Crippen molar-refractivity contribution in [2.75, 3.05) is 18.5 Å². The van der Waals surface area contributed by atoms with E-state index in [-0.39, 0.29) is 31.7 Å². The monoisotopic (exact) mass is 645 g/mol. The van der Waals surface area contributed by atoms with Crippen LogP contribution in [0.15, 0.2) is 84.9 Å². The van der Waals surface area contributed by atoms with Crippen molar-refractivity contribution in [3.8, 4) is 0 Å². The molecule has 0 saturated heterocycles. The molecule has 5 atom stereocenters. The molecule has 0 spiro atoms. The average molecular weight is 646 g/mol. The van der Waals surface area contributed by atoms with Gasteiger partial charge in [-0.3, -0.25) is 9.36 Å². The number of hydrogen-bond acceptors (Lipinski definition) is 8. The standard InChI is InChI=1S/C31H40N3O8PS/c1-22(17-32)30(43(38,39)20-28(29(35)36)26-14-8-13-25(15-26)18-33)44(40,41)21-27(16-23-9-4-2-5-10-23)34-31(37)42-19-24-11-6-3-7-12-24/h2-15,22,27-28,30H,16-21,32-33H2,1H3,(H,34,37)(H,35,36)(H,38,39). The van der Waals surface area contributed by atoms with Gasteiger partial charge in [0, 0.05) is 12.7 Å². The lowest BCUT2D eigenvalue weighted by Gasteiger charge is -2.31. The second kappa shape index (κ2) is 16.0. The quantitative estimate of drug-likeness (QED) is 0.144. The van der Waals surface area contributed by atoms with E-state index in [2.05, 4.69) is 5.32 Å². The number of carboxylic acid groups (broad SMARTS) is 1. The summed E-state index contributed by atoms with van der Waals surface area (Å²) in [5.74, 6) is -4.55. The second-order valence-corrected chi connectivity index (χ2v) is 15.8. The maximum Gasteiger partial charge on any atom is 0.407 e. The Morgan fingerprint density at radius 2 is 1.52 bits per heavy atom. The van der Waals surface area contributed by atoms with Gasteiger partial charge in [-0.2, -0.15) is 0 Å². The van der Waals surface area contributed by atoms with Crippen molar-refractivity contribution in [3.05, 3.63) is 107 Å². The number of carbonyl (C=O) groups is 2. The fourth-order valence-corrected chi connectivity index (χ4v) is 11.4. The van der Waals surface area contributed by atoms with Crippen LogP contribution >= 0.6 is 7.37 Å². The highest BCUT2D eigenvalue weighted by Gasteiger charge is 2.47. The molecule has 238 valence electrons. The van der Waals surface area contributed by atoms with Crippen molar-refractivity contribution in [2.24, 2.45) is 17.4 Å². The highest BCUT2D eigenvalue weighted by atomic mass is 32.2. The van der Waals surface area contributed by atoms with Crippen molar-refractivity contribution < 1.29 is 37.3 Å². The largest absolute Gasteiger partial charge is 0.481 e. The molecule has 0 heterocycles. The van der Waals surface area contributed by atoms with Crippen LogP contribution in [0.3, 0.4) is 0 Å². The Hall–Kier alpha value is -3.54. The number of benzene rings is 3. The Kier molecular flexibility index (Phi) is 12.7. The number of rotatable bonds is 16. The van der Waals surface area contributed by atoms with Gasteiger partial charge in [0.15, 0.2) is 9.84 Å². The SMILES string of the molecule is CC(CN)C(P(=O)(O)CC(C(=O)O)c1cccc(CN)c1)S(=O)(=O)CC(Cc1ccccc1)NC(=O)OCc1ccccc1. The number of ether oxygens (including phenoxy) is 1. The molecule has 13 heteroatoms. The predicted molar refractivity (Wildman–Crippen MR) is 169 cm³/mol. The minimum atomic E-state index is -4.75. The van der Waals surface area contributed by atoms with Gasteiger partial charge in [0.2, 0.25) is 7.37 Å². The third-order valence-electron chi connectivity index (χ3n) is 7.25. The van der Waals surface area contributed by atoms with Crippen LogP contribution in [0.4, 0.5) is 4.79 Å². The van der Waals surface area contributed by atoms with E-state index >= 15 is 0 Å². The van der Waals surface area contributed by atoms with Crippen LogP contribution in [0.25, 0.3) is 0 Å². The van der Waals surface area contributed by atoms with Crippen LogP contribution in [0, 0.1) is 5.92 Å². The molecule has 0 saturated carbocycles. The van der Waals surface area contributed by atoms with E-state index < -0.39 is 64.1 Å². The molecule has 0 fully saturated rings. The maximum atomic E-state index is 14.0. The molecule has 3 aromatic carbocycles. The van der Waals surface area contributed by atoms with Crippen LogP contribution in [0.1, 0.15) is 35.1 Å². The number of amides is 1. The molecule has 0 radical (unpaired) electrons. The van der Waals surface area contributed by atoms with Gasteiger partial charge >= 0.3 is 12.1 Å². The van der Waals surface area contributed by atoms with Crippen molar-refractivity contribution in [1.29, 1.82) is 0 Å². The van der Waals surface area contributed by atoms with Crippen LogP contribution in [0.2, 0.25) is 0 Å². The molecule has 0 aliphatic rings. The van der Waals surface area contributed by atoms with Gasteiger partial charge in [-0.25, -0.2) is 13.2 Å². The van der Waals surface area contributed by atoms with Crippen LogP contribution in [-0.2, 0) is 43.5 Å². The van der Waals surface area contributed by atoms with E-state index in [0.29, 0.717) is 5.56 Å². The first kappa shape index (κ1) is 34.9. The van der Waals surface area contributed by atoms with E-state index in [1.54, 1.807) is 66.7 Å². The third-order valence-corrected chi connectivity index (χ3v) is 13.5. The van der Waals surface area contributed by atoms with E-state index in [9.17, 15) is 32.6 Å². The van der Waals surface area contributed by atoms with Crippen molar-refractivity contribution in [2.45, 2.75) is 43.4 Å². The lowest BCUT2D eigenvalue weighted by molar-refractivity contribution is -0.138. The molecule has 7 N–H and O–H groups in total. The number of carboxylic acids is 1. The summed E-state index contributed by atoms with van der Waals surface area (Å²) < 4.78 is 47.2. The molecule has 3 rings (SSSR count). The van der Waals surface area contributed by atoms with E-state index in [1.165, 1.54) is 19.1 Å². The zero-order valence-corrected chi connectivity index (χ0v) is 26.2. The van der Waals surface area contributed by atoms with E-state index in [4.69, 9.17) is 16.2 Å². The molecule has 3 aromatic rings. The molecule has 11 nitrogen and oxygen atoms in total. The van der Waals surface area contributed by atoms with Crippen LogP contribution in [-0.4, -0.2) is 60.0 Å². The van der Waals surface area contributed by atoms with Gasteiger partial charge in [0.1, 0.15) is 11.6 Å². The zero-order valence-electron chi connectivity index (χ0n) is 24.5. The summed E-state index contributed by atoms with van der Waals surface area (Å²) in [6.45, 7) is 1.27. The van der Waals surface area contributed by atoms with Crippen molar-refractivity contribution in [3.63, 3.8) is 0 Å². The summed E-state index contributed by atoms with van der Waals surface area (Å²) in [7, 11) is -9.21. The molecule has 0 aromatic heterocycles. The Bertz CT molecular complexity index is 1540. The maximum absolute atomic E-state index is 14.0. The minimum absolute atomic E-state index is 0.0436. The number of nitrogens with one attached hydrogen (secondary N) is 1. The Balaban J connectivity index is 1.89. The molecule has 0 aliphatic heterocycles. The third kappa shape index (κ3) is 10.0. The van der Waals surface area contributed by atoms with Gasteiger partial charge in [-0.1, -0.05) is 91.9 Å². The van der Waals surface area contributed by atoms with Crippen molar-refractivity contribution >= 4 is 29.3 Å². The average Bonchev–Trinajstić information content (AvgIpc) is 2.99. The number of hydrogen-bond donors (Lipinski definition) is 5. The lowest BCUT2D eigenvalue weighted by atomic mass is 9.99. The second-order valence-electron chi connectivity index (χ2n) is 10.8. The highest BCUT2D eigenvalue weighted by Crippen LogP contribution is 2.54. The van der Waals surface area contributed by atoms with E-state index in [1.807, 2.05) is 6.07 Å². The number of sulfone groups is 1. The summed E-state index contributed by atoms with van der Waals surface area (Å²) in [5, 5.41) is 12.6. The Morgan fingerprint density at radius 3 is 2.09 bits per heavy atom. The van der Waals surface area contributed by atoms with Gasteiger partial charge < -0.3 is 31.5 Å². The van der Waals surface area contributed by atoms with Gasteiger partial charge in [0.25, 0.3) is 0 Å². The predicted octanol–water partition coefficient (Wildman–Crippen LogP) is 3.46. The molecule has 44 heavy (non-hydrogen) atoms. The van der Waals surface area contributed by atoms with Crippen LogP contribution < -0.4 is 16.8 Å². The molecule has 5 unspecified atom stereocenters. The molecular formula is C31H40N3O8PS. The first-order chi connectivity index (χ1) is 20.9. The zero-order chi connectivity index (χ0) is 32.3.